The minimum absolute atomic E-state index is 0.0189. The lowest BCUT2D eigenvalue weighted by molar-refractivity contribution is 0.196. The molecule has 1 aromatic rings. The fourth-order valence-corrected chi connectivity index (χ4v) is 7.58. The van der Waals surface area contributed by atoms with Crippen molar-refractivity contribution in [1.29, 1.82) is 0 Å². The summed E-state index contributed by atoms with van der Waals surface area (Å²) in [5.74, 6) is 3.41. The maximum Gasteiger partial charge on any atom is 0.435 e. The third-order valence-corrected chi connectivity index (χ3v) is 10.0. The summed E-state index contributed by atoms with van der Waals surface area (Å²) >= 11 is 3.95. The highest BCUT2D eigenvalue weighted by molar-refractivity contribution is 8.00. The van der Waals surface area contributed by atoms with Crippen LogP contribution in [0, 0.1) is 0 Å². The summed E-state index contributed by atoms with van der Waals surface area (Å²) in [6.07, 6.45) is 16.5. The quantitative estimate of drug-likeness (QED) is 0.0961. The van der Waals surface area contributed by atoms with Gasteiger partial charge in [-0.3, -0.25) is 0 Å². The van der Waals surface area contributed by atoms with E-state index in [9.17, 15) is 14.3 Å². The Morgan fingerprint density at radius 3 is 2.08 bits per heavy atom. The Morgan fingerprint density at radius 2 is 1.50 bits per heavy atom. The minimum Gasteiger partial charge on any atom is -0.472 e. The largest absolute Gasteiger partial charge is 0.472 e. The van der Waals surface area contributed by atoms with E-state index in [-0.39, 0.29) is 6.61 Å². The predicted molar refractivity (Wildman–Crippen MR) is 158 cm³/mol. The van der Waals surface area contributed by atoms with Gasteiger partial charge in [0.1, 0.15) is 0 Å². The summed E-state index contributed by atoms with van der Waals surface area (Å²) < 4.78 is 16.1. The number of thioether (sulfide) groups is 2. The van der Waals surface area contributed by atoms with Crippen molar-refractivity contribution in [1.82, 2.24) is 0 Å². The predicted octanol–water partition coefficient (Wildman–Crippen LogP) is 9.60. The Hall–Kier alpha value is -0.460. The molecule has 0 saturated heterocycles. The van der Waals surface area contributed by atoms with Crippen LogP contribution >= 0.6 is 31.1 Å². The molecule has 0 amide bonds. The molecule has 0 aliphatic heterocycles. The fraction of sp³-hybridized carbons (Fsp3) is 0.750. The van der Waals surface area contributed by atoms with E-state index in [0.717, 1.165) is 11.5 Å². The third kappa shape index (κ3) is 15.7. The zero-order valence-corrected chi connectivity index (χ0v) is 25.0. The standard InChI is InChI=1S/C28H49O5PS2/c1-3-5-6-7-8-9-10-11-12-16-23-36-27(18-4-2)26(25-19-14-13-15-20-25)24-35-22-17-21-33-34(31,32)28(29)30/h13-15,19-20,26-27H,3-12,16-18,21-24H2,1-2H3,(H,29,30)(H,31,32). The molecule has 0 radical (unpaired) electrons. The van der Waals surface area contributed by atoms with Gasteiger partial charge in [0.2, 0.25) is 0 Å². The second kappa shape index (κ2) is 21.5. The molecule has 1 aromatic carbocycles. The Labute approximate surface area is 228 Å². The van der Waals surface area contributed by atoms with Gasteiger partial charge in [0.25, 0.3) is 0 Å². The number of hydrogen-bond acceptors (Lipinski definition) is 5. The Kier molecular flexibility index (Phi) is 20.0. The maximum atomic E-state index is 11.4. The molecule has 0 aliphatic rings. The van der Waals surface area contributed by atoms with Gasteiger partial charge in [-0.25, -0.2) is 9.36 Å². The van der Waals surface area contributed by atoms with Crippen molar-refractivity contribution in [3.8, 4) is 0 Å². The van der Waals surface area contributed by atoms with Crippen LogP contribution in [0.2, 0.25) is 0 Å². The first kappa shape index (κ1) is 33.6. The van der Waals surface area contributed by atoms with Gasteiger partial charge in [-0.15, -0.1) is 0 Å². The number of carboxylic acid groups (broad SMARTS) is 1. The monoisotopic (exact) mass is 560 g/mol. The van der Waals surface area contributed by atoms with Crippen LogP contribution in [0.25, 0.3) is 0 Å². The highest BCUT2D eigenvalue weighted by Gasteiger charge is 2.29. The summed E-state index contributed by atoms with van der Waals surface area (Å²) in [4.78, 5) is 19.9. The molecule has 8 heteroatoms. The van der Waals surface area contributed by atoms with Gasteiger partial charge >= 0.3 is 13.3 Å². The molecule has 0 aliphatic carbocycles. The highest BCUT2D eigenvalue weighted by Crippen LogP contribution is 2.42. The Balaban J connectivity index is 2.42. The molecule has 1 rings (SSSR count). The molecule has 0 heterocycles. The summed E-state index contributed by atoms with van der Waals surface area (Å²) in [5, 5.41) is 9.26. The van der Waals surface area contributed by atoms with Crippen molar-refractivity contribution in [2.75, 3.05) is 23.9 Å². The summed E-state index contributed by atoms with van der Waals surface area (Å²) in [7, 11) is -4.53. The van der Waals surface area contributed by atoms with Crippen LogP contribution in [0.1, 0.15) is 109 Å². The highest BCUT2D eigenvalue weighted by atomic mass is 32.2. The SMILES string of the molecule is CCCCCCCCCCCCSC(CCC)C(CSCCCOP(=O)(O)C(=O)O)c1ccccc1. The molecule has 0 bridgehead atoms. The molecular weight excluding hydrogens is 511 g/mol. The van der Waals surface area contributed by atoms with E-state index >= 15 is 0 Å². The van der Waals surface area contributed by atoms with Crippen molar-refractivity contribution < 1.29 is 23.9 Å². The van der Waals surface area contributed by atoms with E-state index in [4.69, 9.17) is 5.11 Å². The summed E-state index contributed by atoms with van der Waals surface area (Å²) in [6, 6.07) is 10.7. The first-order valence-electron chi connectivity index (χ1n) is 13.9. The molecule has 5 nitrogen and oxygen atoms in total. The van der Waals surface area contributed by atoms with Crippen LogP contribution in [-0.4, -0.2) is 44.8 Å². The van der Waals surface area contributed by atoms with Crippen molar-refractivity contribution in [3.63, 3.8) is 0 Å². The molecule has 36 heavy (non-hydrogen) atoms. The van der Waals surface area contributed by atoms with Crippen molar-refractivity contribution in [2.45, 2.75) is 108 Å². The van der Waals surface area contributed by atoms with E-state index in [1.54, 1.807) is 0 Å². The van der Waals surface area contributed by atoms with Crippen LogP contribution in [0.3, 0.4) is 0 Å². The van der Waals surface area contributed by atoms with Crippen molar-refractivity contribution in [2.24, 2.45) is 0 Å². The van der Waals surface area contributed by atoms with Gasteiger partial charge in [-0.05, 0) is 36.3 Å². The van der Waals surface area contributed by atoms with Gasteiger partial charge in [-0.1, -0.05) is 108 Å². The van der Waals surface area contributed by atoms with E-state index in [1.165, 1.54) is 88.4 Å². The average Bonchev–Trinajstić information content (AvgIpc) is 2.87. The lowest BCUT2D eigenvalue weighted by Crippen LogP contribution is -2.19. The third-order valence-electron chi connectivity index (χ3n) is 6.32. The normalized spacial score (nSPS) is 14.9. The number of unbranched alkanes of at least 4 members (excludes halogenated alkanes) is 9. The minimum atomic E-state index is -4.53. The number of hydrogen-bond donors (Lipinski definition) is 2. The molecular formula is C28H49O5PS2. The topological polar surface area (TPSA) is 83.8 Å². The molecule has 0 spiro atoms. The molecule has 208 valence electrons. The lowest BCUT2D eigenvalue weighted by atomic mass is 9.95. The van der Waals surface area contributed by atoms with E-state index < -0.39 is 13.3 Å². The molecule has 2 N–H and O–H groups in total. The zero-order valence-electron chi connectivity index (χ0n) is 22.4. The molecule has 3 atom stereocenters. The van der Waals surface area contributed by atoms with Crippen LogP contribution < -0.4 is 0 Å². The molecule has 3 unspecified atom stereocenters. The number of carbonyl (C=O) groups is 1. The van der Waals surface area contributed by atoms with Crippen molar-refractivity contribution in [3.05, 3.63) is 35.9 Å². The first-order chi connectivity index (χ1) is 17.4. The second-order valence-electron chi connectivity index (χ2n) is 9.46. The van der Waals surface area contributed by atoms with Gasteiger partial charge in [0, 0.05) is 16.9 Å². The van der Waals surface area contributed by atoms with E-state index in [2.05, 4.69) is 60.5 Å². The van der Waals surface area contributed by atoms with Gasteiger partial charge in [0.05, 0.1) is 6.61 Å². The van der Waals surface area contributed by atoms with E-state index in [1.807, 2.05) is 11.8 Å². The van der Waals surface area contributed by atoms with Crippen LogP contribution in [0.4, 0.5) is 4.79 Å². The summed E-state index contributed by atoms with van der Waals surface area (Å²) in [6.45, 7) is 4.51. The lowest BCUT2D eigenvalue weighted by Gasteiger charge is -2.27. The Morgan fingerprint density at radius 1 is 0.889 bits per heavy atom. The number of rotatable bonds is 24. The van der Waals surface area contributed by atoms with Gasteiger partial charge < -0.3 is 14.5 Å². The smallest absolute Gasteiger partial charge is 0.435 e. The summed E-state index contributed by atoms with van der Waals surface area (Å²) in [5.41, 5.74) is -0.415. The Bertz CT molecular complexity index is 719. The maximum absolute atomic E-state index is 11.4. The number of benzene rings is 1. The van der Waals surface area contributed by atoms with Crippen LogP contribution in [0.5, 0.6) is 0 Å². The average molecular weight is 561 g/mol. The molecule has 0 aromatic heterocycles. The van der Waals surface area contributed by atoms with Crippen molar-refractivity contribution >= 4 is 36.8 Å². The zero-order chi connectivity index (χ0) is 26.5. The van der Waals surface area contributed by atoms with Crippen LogP contribution in [0.15, 0.2) is 30.3 Å². The molecule has 0 fully saturated rings. The first-order valence-corrected chi connectivity index (χ1v) is 17.7. The molecule has 0 saturated carbocycles. The van der Waals surface area contributed by atoms with Gasteiger partial charge in [0.15, 0.2) is 0 Å². The second-order valence-corrected chi connectivity index (χ2v) is 13.6. The van der Waals surface area contributed by atoms with Gasteiger partial charge in [-0.2, -0.15) is 23.5 Å². The van der Waals surface area contributed by atoms with Crippen LogP contribution in [-0.2, 0) is 9.09 Å². The van der Waals surface area contributed by atoms with E-state index in [0.29, 0.717) is 17.6 Å². The fourth-order valence-electron chi connectivity index (χ4n) is 4.24.